The molecular weight excluding hydrogens is 190 g/mol. The van der Waals surface area contributed by atoms with Gasteiger partial charge in [-0.1, -0.05) is 5.92 Å². The largest absolute Gasteiger partial charge is 0.464 e. The summed E-state index contributed by atoms with van der Waals surface area (Å²) in [4.78, 5) is 11.4. The standard InChI is InChI=1S/C12H13NO2/c1-4-12(7-8-12)10-6-5-9(13(10)2)11(14)15-3/h1,5-6H,7-8H2,2-3H3. The Balaban J connectivity index is 2.41. The third kappa shape index (κ3) is 1.33. The first-order chi connectivity index (χ1) is 7.14. The van der Waals surface area contributed by atoms with Gasteiger partial charge in [0.1, 0.15) is 5.69 Å². The number of rotatable bonds is 2. The summed E-state index contributed by atoms with van der Waals surface area (Å²) < 4.78 is 6.52. The van der Waals surface area contributed by atoms with Crippen LogP contribution in [0.1, 0.15) is 29.0 Å². The molecule has 0 N–H and O–H groups in total. The lowest BCUT2D eigenvalue weighted by Crippen LogP contribution is -2.14. The van der Waals surface area contributed by atoms with E-state index < -0.39 is 0 Å². The molecule has 1 aliphatic rings. The Labute approximate surface area is 89.0 Å². The van der Waals surface area contributed by atoms with Gasteiger partial charge in [0.05, 0.1) is 12.5 Å². The lowest BCUT2D eigenvalue weighted by molar-refractivity contribution is 0.0589. The smallest absolute Gasteiger partial charge is 0.354 e. The van der Waals surface area contributed by atoms with Gasteiger partial charge < -0.3 is 9.30 Å². The van der Waals surface area contributed by atoms with Crippen LogP contribution < -0.4 is 0 Å². The molecule has 2 rings (SSSR count). The molecule has 0 unspecified atom stereocenters. The summed E-state index contributed by atoms with van der Waals surface area (Å²) in [6.07, 6.45) is 7.51. The van der Waals surface area contributed by atoms with Crippen LogP contribution in [0.5, 0.6) is 0 Å². The van der Waals surface area contributed by atoms with Crippen molar-refractivity contribution in [2.75, 3.05) is 7.11 Å². The van der Waals surface area contributed by atoms with Crippen LogP contribution in [0.15, 0.2) is 12.1 Å². The first-order valence-corrected chi connectivity index (χ1v) is 4.87. The topological polar surface area (TPSA) is 31.2 Å². The maximum Gasteiger partial charge on any atom is 0.354 e. The number of ether oxygens (including phenoxy) is 1. The van der Waals surface area contributed by atoms with Crippen molar-refractivity contribution in [3.8, 4) is 12.3 Å². The Morgan fingerprint density at radius 3 is 2.73 bits per heavy atom. The number of aromatic nitrogens is 1. The molecule has 0 atom stereocenters. The minimum Gasteiger partial charge on any atom is -0.464 e. The first-order valence-electron chi connectivity index (χ1n) is 4.87. The van der Waals surface area contributed by atoms with Crippen LogP contribution in [0, 0.1) is 12.3 Å². The quantitative estimate of drug-likeness (QED) is 0.538. The molecule has 0 aromatic carbocycles. The normalized spacial score (nSPS) is 16.9. The number of nitrogens with zero attached hydrogens (tertiary/aromatic N) is 1. The molecule has 78 valence electrons. The zero-order valence-electron chi connectivity index (χ0n) is 8.91. The van der Waals surface area contributed by atoms with E-state index in [1.807, 2.05) is 17.7 Å². The SMILES string of the molecule is C#CC1(c2ccc(C(=O)OC)n2C)CC1. The monoisotopic (exact) mass is 203 g/mol. The highest BCUT2D eigenvalue weighted by Gasteiger charge is 2.45. The van der Waals surface area contributed by atoms with Gasteiger partial charge in [0, 0.05) is 12.7 Å². The maximum absolute atomic E-state index is 11.4. The van der Waals surface area contributed by atoms with Crippen LogP contribution in [0.4, 0.5) is 0 Å². The molecule has 15 heavy (non-hydrogen) atoms. The molecule has 0 radical (unpaired) electrons. The van der Waals surface area contributed by atoms with E-state index >= 15 is 0 Å². The van der Waals surface area contributed by atoms with Gasteiger partial charge in [0.2, 0.25) is 0 Å². The van der Waals surface area contributed by atoms with E-state index in [2.05, 4.69) is 10.7 Å². The van der Waals surface area contributed by atoms with Crippen molar-refractivity contribution >= 4 is 5.97 Å². The van der Waals surface area contributed by atoms with Crippen molar-refractivity contribution in [3.05, 3.63) is 23.5 Å². The van der Waals surface area contributed by atoms with E-state index in [4.69, 9.17) is 6.42 Å². The molecule has 0 aliphatic heterocycles. The van der Waals surface area contributed by atoms with Crippen molar-refractivity contribution in [2.45, 2.75) is 18.3 Å². The summed E-state index contributed by atoms with van der Waals surface area (Å²) in [5, 5.41) is 0. The second kappa shape index (κ2) is 3.16. The van der Waals surface area contributed by atoms with Gasteiger partial charge in [-0.05, 0) is 25.0 Å². The summed E-state index contributed by atoms with van der Waals surface area (Å²) >= 11 is 0. The zero-order chi connectivity index (χ0) is 11.1. The second-order valence-corrected chi connectivity index (χ2v) is 3.88. The highest BCUT2D eigenvalue weighted by Crippen LogP contribution is 2.47. The fourth-order valence-corrected chi connectivity index (χ4v) is 1.90. The number of terminal acetylenes is 1. The van der Waals surface area contributed by atoms with Crippen molar-refractivity contribution in [1.29, 1.82) is 0 Å². The van der Waals surface area contributed by atoms with E-state index in [0.717, 1.165) is 18.5 Å². The van der Waals surface area contributed by atoms with Crippen molar-refractivity contribution in [2.24, 2.45) is 7.05 Å². The highest BCUT2D eigenvalue weighted by atomic mass is 16.5. The second-order valence-electron chi connectivity index (χ2n) is 3.88. The van der Waals surface area contributed by atoms with Gasteiger partial charge in [-0.2, -0.15) is 0 Å². The summed E-state index contributed by atoms with van der Waals surface area (Å²) in [5.41, 5.74) is 1.44. The minimum atomic E-state index is -0.323. The van der Waals surface area contributed by atoms with Crippen molar-refractivity contribution < 1.29 is 9.53 Å². The van der Waals surface area contributed by atoms with Gasteiger partial charge in [0.25, 0.3) is 0 Å². The molecule has 1 heterocycles. The fourth-order valence-electron chi connectivity index (χ4n) is 1.90. The van der Waals surface area contributed by atoms with Crippen LogP contribution in [-0.4, -0.2) is 17.6 Å². The first kappa shape index (κ1) is 9.85. The zero-order valence-corrected chi connectivity index (χ0v) is 8.91. The molecule has 1 saturated carbocycles. The lowest BCUT2D eigenvalue weighted by atomic mass is 10.0. The van der Waals surface area contributed by atoms with Crippen LogP contribution >= 0.6 is 0 Å². The minimum absolute atomic E-state index is 0.138. The molecule has 0 saturated heterocycles. The number of esters is 1. The molecule has 1 aliphatic carbocycles. The van der Waals surface area contributed by atoms with Gasteiger partial charge >= 0.3 is 5.97 Å². The highest BCUT2D eigenvalue weighted by molar-refractivity contribution is 5.88. The van der Waals surface area contributed by atoms with E-state index in [1.165, 1.54) is 7.11 Å². The summed E-state index contributed by atoms with van der Waals surface area (Å²) in [7, 11) is 3.22. The number of hydrogen-bond acceptors (Lipinski definition) is 2. The molecule has 3 heteroatoms. The van der Waals surface area contributed by atoms with Gasteiger partial charge in [-0.15, -0.1) is 6.42 Å². The summed E-state index contributed by atoms with van der Waals surface area (Å²) in [5.74, 6) is 2.48. The van der Waals surface area contributed by atoms with E-state index in [0.29, 0.717) is 5.69 Å². The predicted octanol–water partition coefficient (Wildman–Crippen LogP) is 1.48. The van der Waals surface area contributed by atoms with Gasteiger partial charge in [0.15, 0.2) is 0 Å². The Morgan fingerprint density at radius 1 is 1.60 bits per heavy atom. The Kier molecular flexibility index (Phi) is 2.08. The molecular formula is C12H13NO2. The Hall–Kier alpha value is -1.69. The van der Waals surface area contributed by atoms with Gasteiger partial charge in [-0.3, -0.25) is 0 Å². The van der Waals surface area contributed by atoms with Crippen LogP contribution in [0.3, 0.4) is 0 Å². The van der Waals surface area contributed by atoms with Crippen LogP contribution in [0.2, 0.25) is 0 Å². The molecule has 1 aromatic heterocycles. The van der Waals surface area contributed by atoms with Gasteiger partial charge in [-0.25, -0.2) is 4.79 Å². The Bertz CT molecular complexity index is 447. The third-order valence-electron chi connectivity index (χ3n) is 3.03. The van der Waals surface area contributed by atoms with E-state index in [-0.39, 0.29) is 11.4 Å². The predicted molar refractivity (Wildman–Crippen MR) is 56.5 cm³/mol. The average molecular weight is 203 g/mol. The van der Waals surface area contributed by atoms with Crippen LogP contribution in [0.25, 0.3) is 0 Å². The third-order valence-corrected chi connectivity index (χ3v) is 3.03. The molecule has 3 nitrogen and oxygen atoms in total. The molecule has 0 bridgehead atoms. The van der Waals surface area contributed by atoms with Crippen molar-refractivity contribution in [1.82, 2.24) is 4.57 Å². The molecule has 1 fully saturated rings. The lowest BCUT2D eigenvalue weighted by Gasteiger charge is -2.10. The van der Waals surface area contributed by atoms with Crippen LogP contribution in [-0.2, 0) is 17.2 Å². The number of hydrogen-bond donors (Lipinski definition) is 0. The summed E-state index contributed by atoms with van der Waals surface area (Å²) in [6.45, 7) is 0. The molecule has 0 amide bonds. The maximum atomic E-state index is 11.4. The molecule has 0 spiro atoms. The summed E-state index contributed by atoms with van der Waals surface area (Å²) in [6, 6.07) is 3.68. The molecule has 1 aromatic rings. The number of carbonyl (C=O) groups excluding carboxylic acids is 1. The number of methoxy groups -OCH3 is 1. The van der Waals surface area contributed by atoms with Crippen molar-refractivity contribution in [3.63, 3.8) is 0 Å². The van der Waals surface area contributed by atoms with E-state index in [1.54, 1.807) is 6.07 Å². The Morgan fingerprint density at radius 2 is 2.27 bits per heavy atom. The number of carbonyl (C=O) groups is 1. The fraction of sp³-hybridized carbons (Fsp3) is 0.417. The average Bonchev–Trinajstić information content (AvgIpc) is 2.96. The van der Waals surface area contributed by atoms with E-state index in [9.17, 15) is 4.79 Å².